The van der Waals surface area contributed by atoms with E-state index < -0.39 is 11.7 Å². The van der Waals surface area contributed by atoms with E-state index in [9.17, 15) is 13.2 Å². The van der Waals surface area contributed by atoms with Crippen molar-refractivity contribution in [1.29, 1.82) is 5.26 Å². The second-order valence-electron chi connectivity index (χ2n) is 7.65. The Bertz CT molecular complexity index is 647. The van der Waals surface area contributed by atoms with Crippen molar-refractivity contribution in [3.05, 3.63) is 29.3 Å². The van der Waals surface area contributed by atoms with Crippen LogP contribution in [-0.2, 0) is 6.18 Å². The molecule has 1 heterocycles. The van der Waals surface area contributed by atoms with Gasteiger partial charge < -0.3 is 10.2 Å². The van der Waals surface area contributed by atoms with E-state index in [4.69, 9.17) is 5.26 Å². The lowest BCUT2D eigenvalue weighted by molar-refractivity contribution is -0.137. The monoisotopic (exact) mass is 353 g/mol. The molecule has 1 fully saturated rings. The van der Waals surface area contributed by atoms with Gasteiger partial charge in [-0.2, -0.15) is 18.4 Å². The highest BCUT2D eigenvalue weighted by Crippen LogP contribution is 2.44. The number of halogens is 3. The highest BCUT2D eigenvalue weighted by Gasteiger charge is 2.47. The minimum absolute atomic E-state index is 0.122. The fourth-order valence-electron chi connectivity index (χ4n) is 3.93. The molecule has 2 rings (SSSR count). The van der Waals surface area contributed by atoms with E-state index in [1.54, 1.807) is 12.1 Å². The SMILES string of the molecule is CCN(c1ccc(C#N)c(C(F)(F)F)c1)[C@@]1(C(C)(C)C)CCCNC1. The second-order valence-corrected chi connectivity index (χ2v) is 7.65. The van der Waals surface area contributed by atoms with Gasteiger partial charge in [-0.25, -0.2) is 0 Å². The zero-order valence-corrected chi connectivity index (χ0v) is 15.3. The highest BCUT2D eigenvalue weighted by atomic mass is 19.4. The molecule has 1 aliphatic heterocycles. The Balaban J connectivity index is 2.58. The van der Waals surface area contributed by atoms with Crippen molar-refractivity contribution in [3.63, 3.8) is 0 Å². The minimum atomic E-state index is -4.54. The van der Waals surface area contributed by atoms with Crippen LogP contribution in [0.1, 0.15) is 51.7 Å². The molecule has 138 valence electrons. The van der Waals surface area contributed by atoms with Gasteiger partial charge in [0.15, 0.2) is 0 Å². The summed E-state index contributed by atoms with van der Waals surface area (Å²) in [5.74, 6) is 0. The third-order valence-corrected chi connectivity index (χ3v) is 5.33. The predicted octanol–water partition coefficient (Wildman–Crippen LogP) is 4.57. The molecule has 1 aliphatic rings. The number of anilines is 1. The lowest BCUT2D eigenvalue weighted by Crippen LogP contribution is -2.65. The number of nitriles is 1. The molecule has 1 N–H and O–H groups in total. The van der Waals surface area contributed by atoms with Crippen molar-refractivity contribution in [3.8, 4) is 6.07 Å². The average molecular weight is 353 g/mol. The van der Waals surface area contributed by atoms with Gasteiger partial charge in [-0.05, 0) is 49.9 Å². The molecule has 0 bridgehead atoms. The maximum absolute atomic E-state index is 13.4. The van der Waals surface area contributed by atoms with Crippen LogP contribution < -0.4 is 10.2 Å². The maximum atomic E-state index is 13.4. The molecule has 0 saturated carbocycles. The van der Waals surface area contributed by atoms with Gasteiger partial charge in [0.1, 0.15) is 0 Å². The van der Waals surface area contributed by atoms with Crippen molar-refractivity contribution in [1.82, 2.24) is 5.32 Å². The van der Waals surface area contributed by atoms with Crippen LogP contribution in [-0.4, -0.2) is 25.2 Å². The van der Waals surface area contributed by atoms with Crippen LogP contribution in [0.5, 0.6) is 0 Å². The third-order valence-electron chi connectivity index (χ3n) is 5.33. The number of hydrogen-bond donors (Lipinski definition) is 1. The molecule has 0 amide bonds. The molecule has 0 unspecified atom stereocenters. The summed E-state index contributed by atoms with van der Waals surface area (Å²) in [5, 5.41) is 12.4. The first-order valence-electron chi connectivity index (χ1n) is 8.66. The van der Waals surface area contributed by atoms with Crippen molar-refractivity contribution in [2.45, 2.75) is 52.3 Å². The zero-order valence-electron chi connectivity index (χ0n) is 15.3. The molecule has 0 spiro atoms. The summed E-state index contributed by atoms with van der Waals surface area (Å²) in [7, 11) is 0. The second kappa shape index (κ2) is 6.87. The van der Waals surface area contributed by atoms with E-state index in [2.05, 4.69) is 31.0 Å². The van der Waals surface area contributed by atoms with Crippen molar-refractivity contribution < 1.29 is 13.2 Å². The first kappa shape index (κ1) is 19.6. The highest BCUT2D eigenvalue weighted by molar-refractivity contribution is 5.57. The Morgan fingerprint density at radius 3 is 2.40 bits per heavy atom. The number of nitrogens with zero attached hydrogens (tertiary/aromatic N) is 2. The van der Waals surface area contributed by atoms with Gasteiger partial charge in [-0.15, -0.1) is 0 Å². The number of alkyl halides is 3. The van der Waals surface area contributed by atoms with Gasteiger partial charge in [0.25, 0.3) is 0 Å². The van der Waals surface area contributed by atoms with E-state index in [1.807, 2.05) is 6.92 Å². The van der Waals surface area contributed by atoms with E-state index in [0.717, 1.165) is 32.0 Å². The number of rotatable bonds is 3. The van der Waals surface area contributed by atoms with Gasteiger partial charge in [-0.3, -0.25) is 0 Å². The maximum Gasteiger partial charge on any atom is 0.417 e. The van der Waals surface area contributed by atoms with Crippen LogP contribution in [0.25, 0.3) is 0 Å². The van der Waals surface area contributed by atoms with Gasteiger partial charge >= 0.3 is 6.18 Å². The standard InChI is InChI=1S/C19H26F3N3/c1-5-25(18(17(2,3)4)9-6-10-24-13-18)15-8-7-14(12-23)16(11-15)19(20,21)22/h7-8,11,24H,5-6,9-10,13H2,1-4H3/t18-/m0/s1. The van der Waals surface area contributed by atoms with E-state index >= 15 is 0 Å². The summed E-state index contributed by atoms with van der Waals surface area (Å²) < 4.78 is 40.1. The number of piperidine rings is 1. The quantitative estimate of drug-likeness (QED) is 0.865. The van der Waals surface area contributed by atoms with E-state index in [-0.39, 0.29) is 16.5 Å². The molecule has 1 saturated heterocycles. The topological polar surface area (TPSA) is 39.1 Å². The Morgan fingerprint density at radius 2 is 1.96 bits per heavy atom. The van der Waals surface area contributed by atoms with Gasteiger partial charge in [-0.1, -0.05) is 20.8 Å². The molecule has 1 aromatic carbocycles. The molecular weight excluding hydrogens is 327 g/mol. The van der Waals surface area contributed by atoms with Crippen molar-refractivity contribution >= 4 is 5.69 Å². The molecule has 6 heteroatoms. The minimum Gasteiger partial charge on any atom is -0.364 e. The Morgan fingerprint density at radius 1 is 1.28 bits per heavy atom. The fraction of sp³-hybridized carbons (Fsp3) is 0.632. The van der Waals surface area contributed by atoms with E-state index in [0.29, 0.717) is 12.2 Å². The molecule has 0 radical (unpaired) electrons. The summed E-state index contributed by atoms with van der Waals surface area (Å²) in [6, 6.07) is 5.71. The predicted molar refractivity (Wildman–Crippen MR) is 93.5 cm³/mol. The van der Waals surface area contributed by atoms with Crippen LogP contribution >= 0.6 is 0 Å². The number of benzene rings is 1. The van der Waals surface area contributed by atoms with Gasteiger partial charge in [0.05, 0.1) is 22.7 Å². The van der Waals surface area contributed by atoms with Crippen LogP contribution in [0.3, 0.4) is 0 Å². The van der Waals surface area contributed by atoms with E-state index in [1.165, 1.54) is 6.07 Å². The first-order chi connectivity index (χ1) is 11.6. The molecule has 1 aromatic rings. The summed E-state index contributed by atoms with van der Waals surface area (Å²) in [5.41, 5.74) is -1.08. The van der Waals surface area contributed by atoms with Gasteiger partial charge in [0.2, 0.25) is 0 Å². The summed E-state index contributed by atoms with van der Waals surface area (Å²) in [4.78, 5) is 2.08. The number of likely N-dealkylation sites (N-methyl/N-ethyl adjacent to an activating group) is 1. The normalized spacial score (nSPS) is 21.7. The molecule has 1 atom stereocenters. The molecule has 3 nitrogen and oxygen atoms in total. The van der Waals surface area contributed by atoms with Gasteiger partial charge in [0, 0.05) is 18.8 Å². The van der Waals surface area contributed by atoms with Crippen LogP contribution in [0.2, 0.25) is 0 Å². The smallest absolute Gasteiger partial charge is 0.364 e. The Kier molecular flexibility index (Phi) is 5.38. The van der Waals surface area contributed by atoms with Crippen molar-refractivity contribution in [2.24, 2.45) is 5.41 Å². The lowest BCUT2D eigenvalue weighted by atomic mass is 9.68. The van der Waals surface area contributed by atoms with Crippen molar-refractivity contribution in [2.75, 3.05) is 24.5 Å². The summed E-state index contributed by atoms with van der Waals surface area (Å²) in [6.45, 7) is 10.6. The lowest BCUT2D eigenvalue weighted by Gasteiger charge is -2.55. The third kappa shape index (κ3) is 3.62. The fourth-order valence-corrected chi connectivity index (χ4v) is 3.93. The van der Waals surface area contributed by atoms with Crippen LogP contribution in [0.4, 0.5) is 18.9 Å². The first-order valence-corrected chi connectivity index (χ1v) is 8.66. The zero-order chi connectivity index (χ0) is 18.9. The number of hydrogen-bond acceptors (Lipinski definition) is 3. The molecule has 0 aliphatic carbocycles. The molecule has 25 heavy (non-hydrogen) atoms. The van der Waals surface area contributed by atoms with Crippen LogP contribution in [0.15, 0.2) is 18.2 Å². The molecular formula is C19H26F3N3. The Labute approximate surface area is 147 Å². The summed E-state index contributed by atoms with van der Waals surface area (Å²) >= 11 is 0. The largest absolute Gasteiger partial charge is 0.417 e. The average Bonchev–Trinajstić information content (AvgIpc) is 2.54. The summed E-state index contributed by atoms with van der Waals surface area (Å²) in [6.07, 6.45) is -2.64. The molecule has 0 aromatic heterocycles. The Hall–Kier alpha value is -1.74. The number of nitrogens with one attached hydrogen (secondary N) is 1. The van der Waals surface area contributed by atoms with Crippen LogP contribution in [0, 0.1) is 16.7 Å².